The predicted octanol–water partition coefficient (Wildman–Crippen LogP) is 2.92. The third kappa shape index (κ3) is 2.51. The van der Waals surface area contributed by atoms with Gasteiger partial charge < -0.3 is 14.0 Å². The highest BCUT2D eigenvalue weighted by molar-refractivity contribution is 5.76. The number of hydrogen-bond acceptors (Lipinski definition) is 3. The second kappa shape index (κ2) is 5.72. The molecule has 0 saturated carbocycles. The molecule has 1 saturated heterocycles. The van der Waals surface area contributed by atoms with Crippen molar-refractivity contribution in [3.8, 4) is 0 Å². The lowest BCUT2D eigenvalue weighted by atomic mass is 10.2. The molecule has 1 atom stereocenters. The van der Waals surface area contributed by atoms with Gasteiger partial charge in [0, 0.05) is 19.8 Å². The molecule has 1 aromatic carbocycles. The van der Waals surface area contributed by atoms with Crippen molar-refractivity contribution in [2.45, 2.75) is 32.4 Å². The van der Waals surface area contributed by atoms with E-state index in [9.17, 15) is 0 Å². The Morgan fingerprint density at radius 1 is 1.42 bits per heavy atom. The van der Waals surface area contributed by atoms with Crippen LogP contribution in [0.2, 0.25) is 0 Å². The van der Waals surface area contributed by atoms with E-state index in [4.69, 9.17) is 14.5 Å². The molecule has 1 aromatic heterocycles. The molecule has 2 heterocycles. The summed E-state index contributed by atoms with van der Waals surface area (Å²) >= 11 is 0. The van der Waals surface area contributed by atoms with Crippen molar-refractivity contribution in [2.75, 3.05) is 19.8 Å². The predicted molar refractivity (Wildman–Crippen MR) is 74.2 cm³/mol. The average Bonchev–Trinajstić information content (AvgIpc) is 3.06. The Balaban J connectivity index is 1.95. The molecule has 0 amide bonds. The van der Waals surface area contributed by atoms with E-state index in [1.807, 2.05) is 13.0 Å². The quantitative estimate of drug-likeness (QED) is 0.775. The van der Waals surface area contributed by atoms with Crippen LogP contribution in [0.15, 0.2) is 24.3 Å². The minimum absolute atomic E-state index is 0.147. The normalized spacial score (nSPS) is 19.3. The summed E-state index contributed by atoms with van der Waals surface area (Å²) < 4.78 is 13.5. The lowest BCUT2D eigenvalue weighted by Gasteiger charge is -2.13. The molecule has 4 heteroatoms. The number of fused-ring (bicyclic) bond motifs is 1. The number of hydrogen-bond donors (Lipinski definition) is 0. The van der Waals surface area contributed by atoms with E-state index in [2.05, 4.69) is 22.8 Å². The van der Waals surface area contributed by atoms with Crippen LogP contribution in [0.25, 0.3) is 11.0 Å². The smallest absolute Gasteiger partial charge is 0.139 e. The van der Waals surface area contributed by atoms with Gasteiger partial charge in [-0.2, -0.15) is 0 Å². The van der Waals surface area contributed by atoms with Crippen molar-refractivity contribution in [1.82, 2.24) is 9.55 Å². The van der Waals surface area contributed by atoms with Gasteiger partial charge in [-0.05, 0) is 31.9 Å². The summed E-state index contributed by atoms with van der Waals surface area (Å²) in [4.78, 5) is 4.76. The molecular weight excluding hydrogens is 240 g/mol. The van der Waals surface area contributed by atoms with Crippen LogP contribution in [0.3, 0.4) is 0 Å². The first-order valence-electron chi connectivity index (χ1n) is 7.04. The molecule has 1 fully saturated rings. The van der Waals surface area contributed by atoms with Crippen LogP contribution in [0.5, 0.6) is 0 Å². The Morgan fingerprint density at radius 3 is 3.11 bits per heavy atom. The molecule has 1 unspecified atom stereocenters. The van der Waals surface area contributed by atoms with Crippen LogP contribution < -0.4 is 0 Å². The highest BCUT2D eigenvalue weighted by Crippen LogP contribution is 2.30. The number of aromatic nitrogens is 2. The van der Waals surface area contributed by atoms with Gasteiger partial charge in [0.25, 0.3) is 0 Å². The number of rotatable bonds is 5. The minimum Gasteiger partial charge on any atom is -0.380 e. The van der Waals surface area contributed by atoms with Crippen LogP contribution in [-0.2, 0) is 16.0 Å². The third-order valence-corrected chi connectivity index (χ3v) is 3.57. The first-order chi connectivity index (χ1) is 9.40. The van der Waals surface area contributed by atoms with Crippen molar-refractivity contribution in [1.29, 1.82) is 0 Å². The maximum Gasteiger partial charge on any atom is 0.139 e. The lowest BCUT2D eigenvalue weighted by molar-refractivity contribution is 0.0977. The summed E-state index contributed by atoms with van der Waals surface area (Å²) in [6.07, 6.45) is 2.34. The monoisotopic (exact) mass is 260 g/mol. The topological polar surface area (TPSA) is 36.3 Å². The van der Waals surface area contributed by atoms with Gasteiger partial charge in [0.1, 0.15) is 11.9 Å². The fraction of sp³-hybridized carbons (Fsp3) is 0.533. The number of para-hydroxylation sites is 2. The maximum atomic E-state index is 5.79. The van der Waals surface area contributed by atoms with Gasteiger partial charge in [-0.3, -0.25) is 0 Å². The first-order valence-corrected chi connectivity index (χ1v) is 7.04. The molecule has 102 valence electrons. The molecule has 0 N–H and O–H groups in total. The van der Waals surface area contributed by atoms with E-state index in [1.165, 1.54) is 5.52 Å². The molecule has 19 heavy (non-hydrogen) atoms. The molecule has 4 nitrogen and oxygen atoms in total. The summed E-state index contributed by atoms with van der Waals surface area (Å²) in [5.41, 5.74) is 2.22. The Labute approximate surface area is 113 Å². The van der Waals surface area contributed by atoms with E-state index < -0.39 is 0 Å². The van der Waals surface area contributed by atoms with Crippen LogP contribution >= 0.6 is 0 Å². The summed E-state index contributed by atoms with van der Waals surface area (Å²) in [5.74, 6) is 1.05. The van der Waals surface area contributed by atoms with Gasteiger partial charge in [0.05, 0.1) is 17.6 Å². The Morgan fingerprint density at radius 2 is 2.32 bits per heavy atom. The molecule has 3 rings (SSSR count). The van der Waals surface area contributed by atoms with Gasteiger partial charge in [-0.25, -0.2) is 4.98 Å². The third-order valence-electron chi connectivity index (χ3n) is 3.57. The van der Waals surface area contributed by atoms with Crippen molar-refractivity contribution < 1.29 is 9.47 Å². The average molecular weight is 260 g/mol. The van der Waals surface area contributed by atoms with Crippen molar-refractivity contribution in [2.24, 2.45) is 0 Å². The molecule has 0 aliphatic carbocycles. The van der Waals surface area contributed by atoms with Crippen LogP contribution in [0, 0.1) is 0 Å². The maximum absolute atomic E-state index is 5.79. The highest BCUT2D eigenvalue weighted by Gasteiger charge is 2.24. The summed E-state index contributed by atoms with van der Waals surface area (Å²) in [6.45, 7) is 5.17. The fourth-order valence-corrected chi connectivity index (χ4v) is 2.66. The minimum atomic E-state index is 0.147. The van der Waals surface area contributed by atoms with E-state index >= 15 is 0 Å². The van der Waals surface area contributed by atoms with E-state index in [0.29, 0.717) is 0 Å². The molecule has 0 spiro atoms. The van der Waals surface area contributed by atoms with Gasteiger partial charge >= 0.3 is 0 Å². The lowest BCUT2D eigenvalue weighted by Crippen LogP contribution is -2.12. The van der Waals surface area contributed by atoms with Crippen molar-refractivity contribution in [3.63, 3.8) is 0 Å². The molecule has 0 radical (unpaired) electrons. The molecule has 0 bridgehead atoms. The van der Waals surface area contributed by atoms with E-state index in [1.54, 1.807) is 0 Å². The van der Waals surface area contributed by atoms with Crippen molar-refractivity contribution in [3.05, 3.63) is 30.1 Å². The number of nitrogens with zero attached hydrogens (tertiary/aromatic N) is 2. The number of imidazole rings is 1. The SMILES string of the molecule is CCOCCn1c(C2CCCO2)nc2ccccc21. The summed E-state index contributed by atoms with van der Waals surface area (Å²) in [7, 11) is 0. The molecule has 1 aliphatic rings. The Hall–Kier alpha value is -1.39. The highest BCUT2D eigenvalue weighted by atomic mass is 16.5. The zero-order valence-electron chi connectivity index (χ0n) is 11.3. The van der Waals surface area contributed by atoms with Gasteiger partial charge in [0.15, 0.2) is 0 Å². The Bertz CT molecular complexity index is 544. The van der Waals surface area contributed by atoms with E-state index in [0.717, 1.165) is 50.5 Å². The molecular formula is C15H20N2O2. The zero-order valence-corrected chi connectivity index (χ0v) is 11.3. The van der Waals surface area contributed by atoms with Crippen LogP contribution in [0.4, 0.5) is 0 Å². The second-order valence-electron chi connectivity index (χ2n) is 4.81. The van der Waals surface area contributed by atoms with Crippen molar-refractivity contribution >= 4 is 11.0 Å². The van der Waals surface area contributed by atoms with Gasteiger partial charge in [-0.15, -0.1) is 0 Å². The second-order valence-corrected chi connectivity index (χ2v) is 4.81. The fourth-order valence-electron chi connectivity index (χ4n) is 2.66. The Kier molecular flexibility index (Phi) is 3.80. The number of benzene rings is 1. The largest absolute Gasteiger partial charge is 0.380 e. The summed E-state index contributed by atoms with van der Waals surface area (Å²) in [6, 6.07) is 8.26. The van der Waals surface area contributed by atoms with Gasteiger partial charge in [0.2, 0.25) is 0 Å². The van der Waals surface area contributed by atoms with Crippen LogP contribution in [0.1, 0.15) is 31.7 Å². The number of ether oxygens (including phenoxy) is 2. The first kappa shape index (κ1) is 12.6. The zero-order chi connectivity index (χ0) is 13.1. The van der Waals surface area contributed by atoms with Crippen LogP contribution in [-0.4, -0.2) is 29.4 Å². The standard InChI is InChI=1S/C15H20N2O2/c1-2-18-11-9-17-13-7-4-3-6-12(13)16-15(17)14-8-5-10-19-14/h3-4,6-7,14H,2,5,8-11H2,1H3. The molecule has 1 aliphatic heterocycles. The molecule has 2 aromatic rings. The van der Waals surface area contributed by atoms with E-state index in [-0.39, 0.29) is 6.10 Å². The summed E-state index contributed by atoms with van der Waals surface area (Å²) in [5, 5.41) is 0. The van der Waals surface area contributed by atoms with Gasteiger partial charge in [-0.1, -0.05) is 12.1 Å².